The number of carbonyl (C=O) groups is 3. The van der Waals surface area contributed by atoms with Gasteiger partial charge in [0.1, 0.15) is 5.69 Å². The molecule has 0 aliphatic heterocycles. The van der Waals surface area contributed by atoms with E-state index in [4.69, 9.17) is 9.47 Å². The van der Waals surface area contributed by atoms with Gasteiger partial charge in [-0.05, 0) is 44.7 Å². The molecule has 0 fully saturated rings. The molecule has 150 valence electrons. The van der Waals surface area contributed by atoms with Crippen LogP contribution in [0.25, 0.3) is 0 Å². The maximum absolute atomic E-state index is 12.3. The van der Waals surface area contributed by atoms with Crippen LogP contribution in [-0.2, 0) is 20.7 Å². The number of hydrogen-bond acceptors (Lipinski definition) is 5. The molecule has 1 aromatic carbocycles. The molecule has 1 atom stereocenters. The summed E-state index contributed by atoms with van der Waals surface area (Å²) in [4.78, 5) is 38.9. The largest absolute Gasteiger partial charge is 0.465 e. The second-order valence-electron chi connectivity index (χ2n) is 6.69. The molecule has 0 aliphatic rings. The molecule has 0 unspecified atom stereocenters. The zero-order valence-corrected chi connectivity index (χ0v) is 16.6. The lowest BCUT2D eigenvalue weighted by atomic mass is 10.1. The number of aromatic amines is 1. The average molecular weight is 386 g/mol. The van der Waals surface area contributed by atoms with E-state index in [0.717, 1.165) is 12.8 Å². The first-order chi connectivity index (χ1) is 13.3. The number of hydrogen-bond donors (Lipinski definition) is 2. The molecule has 28 heavy (non-hydrogen) atoms. The third-order valence-electron chi connectivity index (χ3n) is 4.48. The van der Waals surface area contributed by atoms with Crippen molar-refractivity contribution in [3.8, 4) is 0 Å². The van der Waals surface area contributed by atoms with E-state index in [0.29, 0.717) is 16.8 Å². The van der Waals surface area contributed by atoms with Crippen molar-refractivity contribution in [3.05, 3.63) is 58.4 Å². The predicted molar refractivity (Wildman–Crippen MR) is 104 cm³/mol. The number of esters is 2. The van der Waals surface area contributed by atoms with Gasteiger partial charge in [-0.1, -0.05) is 30.3 Å². The molecule has 7 nitrogen and oxygen atoms in total. The van der Waals surface area contributed by atoms with Crippen molar-refractivity contribution in [3.63, 3.8) is 0 Å². The molecule has 0 aliphatic carbocycles. The van der Waals surface area contributed by atoms with Crippen molar-refractivity contribution in [1.82, 2.24) is 10.3 Å². The number of H-pyrrole nitrogens is 1. The van der Waals surface area contributed by atoms with Gasteiger partial charge in [0.15, 0.2) is 6.61 Å². The fourth-order valence-corrected chi connectivity index (χ4v) is 2.98. The number of aromatic nitrogens is 1. The Morgan fingerprint density at radius 2 is 1.79 bits per heavy atom. The number of ether oxygens (including phenoxy) is 2. The lowest BCUT2D eigenvalue weighted by Crippen LogP contribution is -2.36. The van der Waals surface area contributed by atoms with Crippen molar-refractivity contribution < 1.29 is 23.9 Å². The maximum Gasteiger partial charge on any atom is 0.355 e. The van der Waals surface area contributed by atoms with E-state index in [9.17, 15) is 14.4 Å². The standard InChI is InChI=1S/C21H26N2O5/c1-13(10-11-16-8-6-5-7-9-16)22-17(24)12-28-21(26)19-14(2)18(15(3)23-19)20(25)27-4/h5-9,13,23H,10-12H2,1-4H3,(H,22,24)/t13-/m1/s1. The third-order valence-corrected chi connectivity index (χ3v) is 4.48. The van der Waals surface area contributed by atoms with E-state index < -0.39 is 11.9 Å². The minimum atomic E-state index is -0.692. The van der Waals surface area contributed by atoms with Gasteiger partial charge in [0.05, 0.1) is 12.7 Å². The van der Waals surface area contributed by atoms with Crippen LogP contribution in [0.1, 0.15) is 51.0 Å². The van der Waals surface area contributed by atoms with Gasteiger partial charge in [-0.15, -0.1) is 0 Å². The summed E-state index contributed by atoms with van der Waals surface area (Å²) in [6.07, 6.45) is 1.63. The van der Waals surface area contributed by atoms with Crippen molar-refractivity contribution in [2.45, 2.75) is 39.7 Å². The summed E-state index contributed by atoms with van der Waals surface area (Å²) in [5.74, 6) is -1.60. The molecule has 2 rings (SSSR count). The van der Waals surface area contributed by atoms with Crippen LogP contribution in [0.2, 0.25) is 0 Å². The first kappa shape index (κ1) is 21.2. The summed E-state index contributed by atoms with van der Waals surface area (Å²) in [6.45, 7) is 4.80. The number of rotatable bonds is 8. The fourth-order valence-electron chi connectivity index (χ4n) is 2.98. The molecule has 1 aromatic heterocycles. The highest BCUT2D eigenvalue weighted by molar-refractivity contribution is 5.99. The van der Waals surface area contributed by atoms with Crippen LogP contribution in [0, 0.1) is 13.8 Å². The lowest BCUT2D eigenvalue weighted by Gasteiger charge is -2.14. The zero-order chi connectivity index (χ0) is 20.7. The van der Waals surface area contributed by atoms with E-state index in [1.54, 1.807) is 13.8 Å². The molecule has 2 aromatic rings. The minimum absolute atomic E-state index is 0.0493. The summed E-state index contributed by atoms with van der Waals surface area (Å²) in [6, 6.07) is 9.96. The Labute approximate surface area is 164 Å². The number of benzene rings is 1. The number of nitrogens with one attached hydrogen (secondary N) is 2. The van der Waals surface area contributed by atoms with Crippen LogP contribution in [0.4, 0.5) is 0 Å². The van der Waals surface area contributed by atoms with Gasteiger partial charge >= 0.3 is 11.9 Å². The van der Waals surface area contributed by atoms with Gasteiger partial charge in [0, 0.05) is 11.7 Å². The van der Waals surface area contributed by atoms with Crippen LogP contribution >= 0.6 is 0 Å². The van der Waals surface area contributed by atoms with Crippen LogP contribution < -0.4 is 5.32 Å². The van der Waals surface area contributed by atoms with E-state index in [-0.39, 0.29) is 24.2 Å². The molecular weight excluding hydrogens is 360 g/mol. The van der Waals surface area contributed by atoms with E-state index in [1.165, 1.54) is 12.7 Å². The Morgan fingerprint density at radius 3 is 2.43 bits per heavy atom. The quantitative estimate of drug-likeness (QED) is 0.680. The van der Waals surface area contributed by atoms with Gasteiger partial charge in [-0.2, -0.15) is 0 Å². The first-order valence-electron chi connectivity index (χ1n) is 9.11. The Bertz CT molecular complexity index is 842. The fraction of sp³-hybridized carbons (Fsp3) is 0.381. The number of carbonyl (C=O) groups excluding carboxylic acids is 3. The molecule has 7 heteroatoms. The highest BCUT2D eigenvalue weighted by Gasteiger charge is 2.23. The summed E-state index contributed by atoms with van der Waals surface area (Å²) >= 11 is 0. The molecular formula is C21H26N2O5. The SMILES string of the molecule is COC(=O)c1c(C)[nH]c(C(=O)OCC(=O)N[C@H](C)CCc2ccccc2)c1C. The number of amides is 1. The Kier molecular flexibility index (Phi) is 7.37. The Morgan fingerprint density at radius 1 is 1.11 bits per heavy atom. The molecule has 0 saturated heterocycles. The normalized spacial score (nSPS) is 11.6. The highest BCUT2D eigenvalue weighted by atomic mass is 16.5. The Balaban J connectivity index is 1.84. The Hall–Kier alpha value is -3.09. The first-order valence-corrected chi connectivity index (χ1v) is 9.11. The van der Waals surface area contributed by atoms with Gasteiger partial charge in [0.2, 0.25) is 0 Å². The van der Waals surface area contributed by atoms with Crippen LogP contribution in [0.3, 0.4) is 0 Å². The van der Waals surface area contributed by atoms with Crippen molar-refractivity contribution in [2.24, 2.45) is 0 Å². The second-order valence-corrected chi connectivity index (χ2v) is 6.69. The molecule has 2 N–H and O–H groups in total. The van der Waals surface area contributed by atoms with Gasteiger partial charge in [0.25, 0.3) is 5.91 Å². The minimum Gasteiger partial charge on any atom is -0.465 e. The summed E-state index contributed by atoms with van der Waals surface area (Å²) in [5, 5.41) is 2.82. The van der Waals surface area contributed by atoms with Crippen LogP contribution in [0.15, 0.2) is 30.3 Å². The maximum atomic E-state index is 12.3. The van der Waals surface area contributed by atoms with Gasteiger partial charge in [-0.3, -0.25) is 4.79 Å². The van der Waals surface area contributed by atoms with Gasteiger partial charge in [-0.25, -0.2) is 9.59 Å². The topological polar surface area (TPSA) is 97.5 Å². The molecule has 0 saturated carbocycles. The smallest absolute Gasteiger partial charge is 0.355 e. The van der Waals surface area contributed by atoms with E-state index in [2.05, 4.69) is 10.3 Å². The van der Waals surface area contributed by atoms with Crippen molar-refractivity contribution in [2.75, 3.05) is 13.7 Å². The number of methoxy groups -OCH3 is 1. The summed E-state index contributed by atoms with van der Waals surface area (Å²) in [7, 11) is 1.27. The average Bonchev–Trinajstić information content (AvgIpc) is 2.99. The molecule has 0 bridgehead atoms. The molecule has 1 amide bonds. The zero-order valence-electron chi connectivity index (χ0n) is 16.6. The van der Waals surface area contributed by atoms with Crippen molar-refractivity contribution >= 4 is 17.8 Å². The monoisotopic (exact) mass is 386 g/mol. The third kappa shape index (κ3) is 5.45. The predicted octanol–water partition coefficient (Wildman–Crippen LogP) is 2.71. The number of aryl methyl sites for hydroxylation is 2. The van der Waals surface area contributed by atoms with Crippen molar-refractivity contribution in [1.29, 1.82) is 0 Å². The molecule has 1 heterocycles. The lowest BCUT2D eigenvalue weighted by molar-refractivity contribution is -0.124. The van der Waals surface area contributed by atoms with E-state index in [1.807, 2.05) is 37.3 Å². The van der Waals surface area contributed by atoms with E-state index >= 15 is 0 Å². The summed E-state index contributed by atoms with van der Waals surface area (Å²) in [5.41, 5.74) is 2.59. The van der Waals surface area contributed by atoms with Crippen LogP contribution in [-0.4, -0.2) is 42.6 Å². The highest BCUT2D eigenvalue weighted by Crippen LogP contribution is 2.19. The van der Waals surface area contributed by atoms with Crippen LogP contribution in [0.5, 0.6) is 0 Å². The second kappa shape index (κ2) is 9.73. The van der Waals surface area contributed by atoms with Gasteiger partial charge < -0.3 is 19.8 Å². The molecule has 0 radical (unpaired) electrons. The molecule has 0 spiro atoms. The summed E-state index contributed by atoms with van der Waals surface area (Å²) < 4.78 is 9.79.